The van der Waals surface area contributed by atoms with Crippen LogP contribution in [0.3, 0.4) is 0 Å². The van der Waals surface area contributed by atoms with E-state index in [1.54, 1.807) is 42.5 Å². The molecule has 1 amide bonds. The number of halogens is 2. The maximum absolute atomic E-state index is 12.4. The second-order valence-corrected chi connectivity index (χ2v) is 5.08. The third-order valence-corrected chi connectivity index (χ3v) is 3.57. The summed E-state index contributed by atoms with van der Waals surface area (Å²) in [5.74, 6) is 0.548. The molecular weight excluding hydrogens is 285 g/mol. The van der Waals surface area contributed by atoms with Gasteiger partial charge in [-0.1, -0.05) is 23.2 Å². The third-order valence-electron chi connectivity index (χ3n) is 3.02. The second-order valence-electron chi connectivity index (χ2n) is 4.23. The molecule has 1 heterocycles. The minimum absolute atomic E-state index is 0.172. The van der Waals surface area contributed by atoms with Crippen molar-refractivity contribution in [1.29, 1.82) is 0 Å². The van der Waals surface area contributed by atoms with Crippen LogP contribution in [0.1, 0.15) is 29.1 Å². The molecule has 2 aromatic rings. The van der Waals surface area contributed by atoms with E-state index >= 15 is 0 Å². The van der Waals surface area contributed by atoms with Crippen LogP contribution in [-0.4, -0.2) is 17.9 Å². The van der Waals surface area contributed by atoms with Gasteiger partial charge in [-0.05, 0) is 37.3 Å². The molecule has 0 saturated carbocycles. The summed E-state index contributed by atoms with van der Waals surface area (Å²) in [6.07, 6.45) is 1.58. The van der Waals surface area contributed by atoms with Crippen molar-refractivity contribution in [3.63, 3.8) is 0 Å². The van der Waals surface area contributed by atoms with Gasteiger partial charge in [0.2, 0.25) is 0 Å². The van der Waals surface area contributed by atoms with Gasteiger partial charge in [-0.15, -0.1) is 0 Å². The smallest absolute Gasteiger partial charge is 0.255 e. The van der Waals surface area contributed by atoms with E-state index in [1.807, 2.05) is 13.0 Å². The molecule has 0 saturated heterocycles. The van der Waals surface area contributed by atoms with Crippen molar-refractivity contribution in [2.24, 2.45) is 0 Å². The predicted octanol–water partition coefficient (Wildman–Crippen LogP) is 4.42. The van der Waals surface area contributed by atoms with Crippen molar-refractivity contribution < 1.29 is 9.21 Å². The Labute approximate surface area is 121 Å². The molecule has 0 bridgehead atoms. The van der Waals surface area contributed by atoms with E-state index < -0.39 is 0 Å². The van der Waals surface area contributed by atoms with E-state index in [4.69, 9.17) is 27.6 Å². The first kappa shape index (κ1) is 14.0. The number of rotatable bonds is 3. The Hall–Kier alpha value is -1.45. The summed E-state index contributed by atoms with van der Waals surface area (Å²) in [4.78, 5) is 13.9. The van der Waals surface area contributed by atoms with Crippen LogP contribution in [-0.2, 0) is 0 Å². The molecule has 0 aliphatic carbocycles. The maximum atomic E-state index is 12.4. The van der Waals surface area contributed by atoms with Crippen molar-refractivity contribution in [2.75, 3.05) is 7.05 Å². The van der Waals surface area contributed by atoms with Crippen molar-refractivity contribution in [2.45, 2.75) is 13.0 Å². The van der Waals surface area contributed by atoms with Gasteiger partial charge in [0.15, 0.2) is 0 Å². The first-order valence-corrected chi connectivity index (χ1v) is 6.52. The first-order chi connectivity index (χ1) is 9.00. The van der Waals surface area contributed by atoms with Crippen LogP contribution in [0.4, 0.5) is 0 Å². The summed E-state index contributed by atoms with van der Waals surface area (Å²) in [6.45, 7) is 1.89. The third kappa shape index (κ3) is 2.94. The highest BCUT2D eigenvalue weighted by Crippen LogP contribution is 2.26. The van der Waals surface area contributed by atoms with Crippen LogP contribution in [0, 0.1) is 0 Å². The molecule has 0 fully saturated rings. The standard InChI is InChI=1S/C14H13Cl2NO2/c1-9(13-4-3-7-19-13)17(2)14(18)11-6-5-10(15)8-12(11)16/h3-9H,1-2H3. The van der Waals surface area contributed by atoms with E-state index in [1.165, 1.54) is 0 Å². The highest BCUT2D eigenvalue weighted by Gasteiger charge is 2.22. The Morgan fingerprint density at radius 3 is 2.63 bits per heavy atom. The zero-order chi connectivity index (χ0) is 14.0. The summed E-state index contributed by atoms with van der Waals surface area (Å²) in [6, 6.07) is 8.28. The van der Waals surface area contributed by atoms with Gasteiger partial charge < -0.3 is 9.32 Å². The quantitative estimate of drug-likeness (QED) is 0.840. The Bertz CT molecular complexity index is 581. The molecule has 0 N–H and O–H groups in total. The zero-order valence-electron chi connectivity index (χ0n) is 10.6. The molecule has 19 heavy (non-hydrogen) atoms. The average Bonchev–Trinajstić information content (AvgIpc) is 2.90. The van der Waals surface area contributed by atoms with E-state index in [2.05, 4.69) is 0 Å². The average molecular weight is 298 g/mol. The van der Waals surface area contributed by atoms with Gasteiger partial charge in [0, 0.05) is 12.1 Å². The fraction of sp³-hybridized carbons (Fsp3) is 0.214. The van der Waals surface area contributed by atoms with Gasteiger partial charge in [0.05, 0.1) is 22.9 Å². The number of hydrogen-bond acceptors (Lipinski definition) is 2. The molecule has 2 rings (SSSR count). The molecular formula is C14H13Cl2NO2. The van der Waals surface area contributed by atoms with Crippen LogP contribution >= 0.6 is 23.2 Å². The molecule has 1 aromatic heterocycles. The molecule has 3 nitrogen and oxygen atoms in total. The highest BCUT2D eigenvalue weighted by atomic mass is 35.5. The molecule has 0 aliphatic rings. The summed E-state index contributed by atoms with van der Waals surface area (Å²) < 4.78 is 5.30. The minimum Gasteiger partial charge on any atom is -0.467 e. The molecule has 100 valence electrons. The summed E-state index contributed by atoms with van der Waals surface area (Å²) in [5, 5.41) is 0.847. The van der Waals surface area contributed by atoms with Crippen LogP contribution in [0.5, 0.6) is 0 Å². The van der Waals surface area contributed by atoms with Gasteiger partial charge in [0.1, 0.15) is 5.76 Å². The topological polar surface area (TPSA) is 33.5 Å². The van der Waals surface area contributed by atoms with E-state index in [-0.39, 0.29) is 11.9 Å². The van der Waals surface area contributed by atoms with Crippen molar-refractivity contribution in [3.05, 3.63) is 58.0 Å². The van der Waals surface area contributed by atoms with E-state index in [9.17, 15) is 4.79 Å². The zero-order valence-corrected chi connectivity index (χ0v) is 12.1. The molecule has 0 aliphatic heterocycles. The first-order valence-electron chi connectivity index (χ1n) is 5.76. The number of carbonyl (C=O) groups excluding carboxylic acids is 1. The van der Waals surface area contributed by atoms with E-state index in [0.717, 1.165) is 5.76 Å². The fourth-order valence-electron chi connectivity index (χ4n) is 1.75. The Morgan fingerprint density at radius 1 is 1.32 bits per heavy atom. The minimum atomic E-state index is -0.175. The molecule has 1 atom stereocenters. The molecule has 5 heteroatoms. The second kappa shape index (κ2) is 5.68. The lowest BCUT2D eigenvalue weighted by Crippen LogP contribution is -2.29. The number of benzene rings is 1. The number of amides is 1. The Kier molecular flexibility index (Phi) is 4.17. The highest BCUT2D eigenvalue weighted by molar-refractivity contribution is 6.36. The summed E-state index contributed by atoms with van der Waals surface area (Å²) in [5.41, 5.74) is 0.423. The van der Waals surface area contributed by atoms with Gasteiger partial charge in [0.25, 0.3) is 5.91 Å². The van der Waals surface area contributed by atoms with Crippen LogP contribution in [0.25, 0.3) is 0 Å². The normalized spacial score (nSPS) is 12.2. The number of furan rings is 1. The van der Waals surface area contributed by atoms with Gasteiger partial charge in [-0.25, -0.2) is 0 Å². The molecule has 0 radical (unpaired) electrons. The summed E-state index contributed by atoms with van der Waals surface area (Å²) >= 11 is 11.9. The molecule has 0 spiro atoms. The lowest BCUT2D eigenvalue weighted by molar-refractivity contribution is 0.0726. The van der Waals surface area contributed by atoms with Crippen LogP contribution in [0.2, 0.25) is 10.0 Å². The predicted molar refractivity (Wildman–Crippen MR) is 75.7 cm³/mol. The number of nitrogens with zero attached hydrogens (tertiary/aromatic N) is 1. The van der Waals surface area contributed by atoms with Gasteiger partial charge >= 0.3 is 0 Å². The lowest BCUT2D eigenvalue weighted by atomic mass is 10.1. The lowest BCUT2D eigenvalue weighted by Gasteiger charge is -2.23. The van der Waals surface area contributed by atoms with E-state index in [0.29, 0.717) is 15.6 Å². The monoisotopic (exact) mass is 297 g/mol. The fourth-order valence-corrected chi connectivity index (χ4v) is 2.24. The van der Waals surface area contributed by atoms with Crippen molar-refractivity contribution >= 4 is 29.1 Å². The van der Waals surface area contributed by atoms with Crippen LogP contribution < -0.4 is 0 Å². The SMILES string of the molecule is CC(c1ccco1)N(C)C(=O)c1ccc(Cl)cc1Cl. The molecule has 1 unspecified atom stereocenters. The van der Waals surface area contributed by atoms with Gasteiger partial charge in [-0.3, -0.25) is 4.79 Å². The van der Waals surface area contributed by atoms with Crippen molar-refractivity contribution in [1.82, 2.24) is 4.90 Å². The maximum Gasteiger partial charge on any atom is 0.255 e. The van der Waals surface area contributed by atoms with Gasteiger partial charge in [-0.2, -0.15) is 0 Å². The largest absolute Gasteiger partial charge is 0.467 e. The van der Waals surface area contributed by atoms with Crippen molar-refractivity contribution in [3.8, 4) is 0 Å². The summed E-state index contributed by atoms with van der Waals surface area (Å²) in [7, 11) is 1.71. The molecule has 1 aromatic carbocycles. The van der Waals surface area contributed by atoms with Crippen LogP contribution in [0.15, 0.2) is 41.0 Å². The Balaban J connectivity index is 2.24. The Morgan fingerprint density at radius 2 is 2.05 bits per heavy atom. The number of hydrogen-bond donors (Lipinski definition) is 0. The number of carbonyl (C=O) groups is 1.